The molecule has 0 aromatic heterocycles. The van der Waals surface area contributed by atoms with Gasteiger partial charge in [0.2, 0.25) is 0 Å². The Labute approximate surface area is 86.5 Å². The quantitative estimate of drug-likeness (QED) is 0.384. The highest BCUT2D eigenvalue weighted by molar-refractivity contribution is 5.84. The van der Waals surface area contributed by atoms with E-state index in [2.05, 4.69) is 4.74 Å². The van der Waals surface area contributed by atoms with E-state index in [1.165, 1.54) is 0 Å². The normalized spacial score (nSPS) is 16.5. The molecule has 0 fully saturated rings. The third-order valence-electron chi connectivity index (χ3n) is 1.76. The second kappa shape index (κ2) is 6.33. The standard InChI is InChI=1S/C8H15NO6/c1-2-4(9)3-15-8(14)6(11)5(10)7(12)13/h4-6,10-11H,2-3,9H2,1H3,(H,12,13)/t4-,5?,6?/m0/s1. The molecular weight excluding hydrogens is 206 g/mol. The molecule has 7 nitrogen and oxygen atoms in total. The van der Waals surface area contributed by atoms with E-state index in [0.717, 1.165) is 0 Å². The van der Waals surface area contributed by atoms with E-state index >= 15 is 0 Å². The van der Waals surface area contributed by atoms with Crippen molar-refractivity contribution >= 4 is 11.9 Å². The molecule has 3 atom stereocenters. The lowest BCUT2D eigenvalue weighted by atomic mass is 10.2. The second-order valence-corrected chi connectivity index (χ2v) is 3.03. The Morgan fingerprint density at radius 2 is 1.87 bits per heavy atom. The van der Waals surface area contributed by atoms with Crippen LogP contribution in [0.4, 0.5) is 0 Å². The smallest absolute Gasteiger partial charge is 0.338 e. The van der Waals surface area contributed by atoms with E-state index in [9.17, 15) is 9.59 Å². The summed E-state index contributed by atoms with van der Waals surface area (Å²) in [5, 5.41) is 26.1. The lowest BCUT2D eigenvalue weighted by Crippen LogP contribution is -2.41. The average molecular weight is 221 g/mol. The van der Waals surface area contributed by atoms with Crippen LogP contribution in [0.3, 0.4) is 0 Å². The molecule has 5 N–H and O–H groups in total. The number of esters is 1. The lowest BCUT2D eigenvalue weighted by Gasteiger charge is -2.15. The molecule has 15 heavy (non-hydrogen) atoms. The summed E-state index contributed by atoms with van der Waals surface area (Å²) < 4.78 is 4.49. The number of nitrogens with two attached hydrogens (primary N) is 1. The zero-order chi connectivity index (χ0) is 12.0. The van der Waals surface area contributed by atoms with Gasteiger partial charge in [-0.15, -0.1) is 0 Å². The van der Waals surface area contributed by atoms with Gasteiger partial charge in [0.25, 0.3) is 0 Å². The first-order valence-electron chi connectivity index (χ1n) is 4.41. The Kier molecular flexibility index (Phi) is 5.83. The van der Waals surface area contributed by atoms with Gasteiger partial charge in [0.15, 0.2) is 12.2 Å². The number of rotatable bonds is 6. The van der Waals surface area contributed by atoms with Crippen LogP contribution in [0, 0.1) is 0 Å². The van der Waals surface area contributed by atoms with Crippen molar-refractivity contribution in [2.75, 3.05) is 6.61 Å². The van der Waals surface area contributed by atoms with Gasteiger partial charge in [-0.3, -0.25) is 0 Å². The topological polar surface area (TPSA) is 130 Å². The highest BCUT2D eigenvalue weighted by Crippen LogP contribution is 1.98. The Morgan fingerprint density at radius 3 is 2.27 bits per heavy atom. The van der Waals surface area contributed by atoms with Gasteiger partial charge in [-0.25, -0.2) is 9.59 Å². The van der Waals surface area contributed by atoms with E-state index in [1.54, 1.807) is 6.92 Å². The molecule has 0 aliphatic carbocycles. The summed E-state index contributed by atoms with van der Waals surface area (Å²) >= 11 is 0. The Balaban J connectivity index is 4.05. The number of ether oxygens (including phenoxy) is 1. The maximum Gasteiger partial charge on any atom is 0.338 e. The third kappa shape index (κ3) is 4.73. The Hall–Kier alpha value is -1.18. The molecule has 0 aliphatic heterocycles. The monoisotopic (exact) mass is 221 g/mol. The first kappa shape index (κ1) is 13.8. The first-order chi connectivity index (χ1) is 6.90. The molecule has 0 aliphatic rings. The van der Waals surface area contributed by atoms with Crippen LogP contribution < -0.4 is 5.73 Å². The SMILES string of the molecule is CC[C@H](N)COC(=O)C(O)C(O)C(=O)O. The maximum atomic E-state index is 11.0. The summed E-state index contributed by atoms with van der Waals surface area (Å²) in [4.78, 5) is 21.2. The van der Waals surface area contributed by atoms with Crippen LogP contribution >= 0.6 is 0 Å². The minimum Gasteiger partial charge on any atom is -0.479 e. The van der Waals surface area contributed by atoms with E-state index in [-0.39, 0.29) is 12.6 Å². The number of carboxylic acids is 1. The number of carbonyl (C=O) groups is 2. The lowest BCUT2D eigenvalue weighted by molar-refractivity contribution is -0.170. The number of hydrogen-bond donors (Lipinski definition) is 4. The van der Waals surface area contributed by atoms with Crippen molar-refractivity contribution in [2.45, 2.75) is 31.6 Å². The summed E-state index contributed by atoms with van der Waals surface area (Å²) in [7, 11) is 0. The molecule has 7 heteroatoms. The fourth-order valence-electron chi connectivity index (χ4n) is 0.656. The molecule has 0 rings (SSSR count). The summed E-state index contributed by atoms with van der Waals surface area (Å²) in [6.07, 6.45) is -3.70. The van der Waals surface area contributed by atoms with Crippen molar-refractivity contribution < 1.29 is 29.6 Å². The number of aliphatic hydroxyl groups excluding tert-OH is 2. The minimum atomic E-state index is -2.18. The van der Waals surface area contributed by atoms with Gasteiger partial charge in [0.05, 0.1) is 0 Å². The van der Waals surface area contributed by atoms with Crippen LogP contribution in [0.5, 0.6) is 0 Å². The predicted octanol–water partition coefficient (Wildman–Crippen LogP) is -1.93. The summed E-state index contributed by atoms with van der Waals surface area (Å²) in [5.41, 5.74) is 5.42. The molecule has 0 amide bonds. The number of aliphatic hydroxyl groups is 2. The van der Waals surface area contributed by atoms with E-state index in [0.29, 0.717) is 6.42 Å². The number of hydrogen-bond acceptors (Lipinski definition) is 6. The molecule has 88 valence electrons. The zero-order valence-electron chi connectivity index (χ0n) is 8.29. The summed E-state index contributed by atoms with van der Waals surface area (Å²) in [6, 6.07) is -0.372. The number of carbonyl (C=O) groups excluding carboxylic acids is 1. The molecule has 0 saturated carbocycles. The van der Waals surface area contributed by atoms with Crippen molar-refractivity contribution in [3.63, 3.8) is 0 Å². The Morgan fingerprint density at radius 1 is 1.33 bits per heavy atom. The highest BCUT2D eigenvalue weighted by atomic mass is 16.6. The average Bonchev–Trinajstić information content (AvgIpc) is 2.22. The van der Waals surface area contributed by atoms with Crippen molar-refractivity contribution in [3.05, 3.63) is 0 Å². The van der Waals surface area contributed by atoms with Crippen LogP contribution in [0.1, 0.15) is 13.3 Å². The van der Waals surface area contributed by atoms with Crippen molar-refractivity contribution in [1.29, 1.82) is 0 Å². The molecule has 0 radical (unpaired) electrons. The number of carboxylic acid groups (broad SMARTS) is 1. The van der Waals surface area contributed by atoms with Crippen LogP contribution in [-0.2, 0) is 14.3 Å². The Bertz CT molecular complexity index is 231. The summed E-state index contributed by atoms with van der Waals surface area (Å²) in [6.45, 7) is 1.65. The molecule has 0 aromatic rings. The number of aliphatic carboxylic acids is 1. The summed E-state index contributed by atoms with van der Waals surface area (Å²) in [5.74, 6) is -2.90. The fourth-order valence-corrected chi connectivity index (χ4v) is 0.656. The van der Waals surface area contributed by atoms with E-state index < -0.39 is 24.1 Å². The van der Waals surface area contributed by atoms with Gasteiger partial charge in [0.1, 0.15) is 6.61 Å². The van der Waals surface area contributed by atoms with Crippen LogP contribution in [0.25, 0.3) is 0 Å². The minimum absolute atomic E-state index is 0.126. The maximum absolute atomic E-state index is 11.0. The van der Waals surface area contributed by atoms with E-state index in [1.807, 2.05) is 0 Å². The molecule has 0 bridgehead atoms. The van der Waals surface area contributed by atoms with Gasteiger partial charge < -0.3 is 25.8 Å². The molecule has 0 aromatic carbocycles. The van der Waals surface area contributed by atoms with Gasteiger partial charge in [-0.05, 0) is 6.42 Å². The third-order valence-corrected chi connectivity index (χ3v) is 1.76. The van der Waals surface area contributed by atoms with Crippen molar-refractivity contribution in [3.8, 4) is 0 Å². The zero-order valence-corrected chi connectivity index (χ0v) is 8.29. The molecule has 0 spiro atoms. The van der Waals surface area contributed by atoms with Crippen molar-refractivity contribution in [1.82, 2.24) is 0 Å². The molecular formula is C8H15NO6. The van der Waals surface area contributed by atoms with Crippen molar-refractivity contribution in [2.24, 2.45) is 5.73 Å². The molecule has 2 unspecified atom stereocenters. The highest BCUT2D eigenvalue weighted by Gasteiger charge is 2.31. The second-order valence-electron chi connectivity index (χ2n) is 3.03. The van der Waals surface area contributed by atoms with Crippen LogP contribution in [0.2, 0.25) is 0 Å². The van der Waals surface area contributed by atoms with Gasteiger partial charge in [-0.1, -0.05) is 6.92 Å². The van der Waals surface area contributed by atoms with Gasteiger partial charge in [-0.2, -0.15) is 0 Å². The molecule has 0 heterocycles. The first-order valence-corrected chi connectivity index (χ1v) is 4.41. The van der Waals surface area contributed by atoms with E-state index in [4.69, 9.17) is 21.1 Å². The van der Waals surface area contributed by atoms with Gasteiger partial charge in [0, 0.05) is 6.04 Å². The van der Waals surface area contributed by atoms with Crippen LogP contribution in [-0.4, -0.2) is 52.1 Å². The largest absolute Gasteiger partial charge is 0.479 e. The van der Waals surface area contributed by atoms with Gasteiger partial charge >= 0.3 is 11.9 Å². The fraction of sp³-hybridized carbons (Fsp3) is 0.750. The predicted molar refractivity (Wildman–Crippen MR) is 48.9 cm³/mol. The molecule has 0 saturated heterocycles. The van der Waals surface area contributed by atoms with Crippen LogP contribution in [0.15, 0.2) is 0 Å².